The van der Waals surface area contributed by atoms with Gasteiger partial charge in [0.15, 0.2) is 0 Å². The van der Waals surface area contributed by atoms with E-state index < -0.39 is 5.60 Å². The highest BCUT2D eigenvalue weighted by atomic mass is 35.5. The Labute approximate surface area is 109 Å². The van der Waals surface area contributed by atoms with E-state index in [0.717, 1.165) is 45.2 Å². The maximum atomic E-state index is 10.3. The van der Waals surface area contributed by atoms with Crippen LogP contribution < -0.4 is 5.32 Å². The molecule has 0 atom stereocenters. The van der Waals surface area contributed by atoms with Gasteiger partial charge in [0, 0.05) is 12.4 Å². The van der Waals surface area contributed by atoms with Crippen LogP contribution in [0.25, 0.3) is 0 Å². The number of rotatable bonds is 4. The molecular formula is C13H21ClN2O. The first-order chi connectivity index (χ1) is 7.79. The van der Waals surface area contributed by atoms with Crippen molar-refractivity contribution in [1.82, 2.24) is 10.3 Å². The van der Waals surface area contributed by atoms with Gasteiger partial charge in [-0.2, -0.15) is 0 Å². The van der Waals surface area contributed by atoms with Crippen LogP contribution >= 0.6 is 12.4 Å². The highest BCUT2D eigenvalue weighted by Gasteiger charge is 2.27. The standard InChI is InChI=1S/C13H20N2O.ClH/c16-13(6-10-15-11-7-13)5-1-2-12-3-8-14-9-4-12;/h3-4,8-9,15-16H,1-2,5-7,10-11H2;1H. The second-order valence-corrected chi connectivity index (χ2v) is 4.68. The Morgan fingerprint density at radius 2 is 1.88 bits per heavy atom. The molecule has 2 rings (SSSR count). The van der Waals surface area contributed by atoms with Crippen LogP contribution in [0.4, 0.5) is 0 Å². The van der Waals surface area contributed by atoms with Crippen LogP contribution in [-0.4, -0.2) is 28.8 Å². The maximum Gasteiger partial charge on any atom is 0.0672 e. The summed E-state index contributed by atoms with van der Waals surface area (Å²) >= 11 is 0. The van der Waals surface area contributed by atoms with Crippen LogP contribution in [0.5, 0.6) is 0 Å². The topological polar surface area (TPSA) is 45.2 Å². The molecule has 2 N–H and O–H groups in total. The van der Waals surface area contributed by atoms with Gasteiger partial charge in [-0.05, 0) is 62.9 Å². The van der Waals surface area contributed by atoms with Crippen molar-refractivity contribution in [1.29, 1.82) is 0 Å². The fraction of sp³-hybridized carbons (Fsp3) is 0.615. The van der Waals surface area contributed by atoms with E-state index in [0.29, 0.717) is 0 Å². The average Bonchev–Trinajstić information content (AvgIpc) is 2.31. The molecule has 0 spiro atoms. The van der Waals surface area contributed by atoms with Crippen molar-refractivity contribution >= 4 is 12.4 Å². The number of aliphatic hydroxyl groups is 1. The van der Waals surface area contributed by atoms with Crippen molar-refractivity contribution in [3.63, 3.8) is 0 Å². The second kappa shape index (κ2) is 6.94. The Hall–Kier alpha value is -0.640. The number of aromatic nitrogens is 1. The Bertz CT molecular complexity index is 312. The number of hydrogen-bond acceptors (Lipinski definition) is 3. The van der Waals surface area contributed by atoms with E-state index in [1.807, 2.05) is 24.5 Å². The summed E-state index contributed by atoms with van der Waals surface area (Å²) in [6.45, 7) is 1.90. The van der Waals surface area contributed by atoms with Gasteiger partial charge in [-0.3, -0.25) is 4.98 Å². The summed E-state index contributed by atoms with van der Waals surface area (Å²) in [6, 6.07) is 4.10. The molecule has 1 aliphatic heterocycles. The van der Waals surface area contributed by atoms with Crippen LogP contribution in [0.2, 0.25) is 0 Å². The summed E-state index contributed by atoms with van der Waals surface area (Å²) < 4.78 is 0. The monoisotopic (exact) mass is 256 g/mol. The van der Waals surface area contributed by atoms with Gasteiger partial charge >= 0.3 is 0 Å². The minimum atomic E-state index is -0.418. The van der Waals surface area contributed by atoms with Crippen LogP contribution in [0.15, 0.2) is 24.5 Å². The summed E-state index contributed by atoms with van der Waals surface area (Å²) in [5.41, 5.74) is 0.894. The third-order valence-electron chi connectivity index (χ3n) is 3.39. The molecule has 0 bridgehead atoms. The molecule has 96 valence electrons. The molecule has 2 heterocycles. The highest BCUT2D eigenvalue weighted by molar-refractivity contribution is 5.85. The fourth-order valence-electron chi connectivity index (χ4n) is 2.31. The molecule has 0 saturated carbocycles. The lowest BCUT2D eigenvalue weighted by atomic mass is 9.87. The molecule has 1 aliphatic rings. The number of piperidine rings is 1. The molecule has 3 nitrogen and oxygen atoms in total. The fourth-order valence-corrected chi connectivity index (χ4v) is 2.31. The molecule has 0 aromatic carbocycles. The Morgan fingerprint density at radius 1 is 1.24 bits per heavy atom. The number of hydrogen-bond donors (Lipinski definition) is 2. The molecule has 0 radical (unpaired) electrons. The van der Waals surface area contributed by atoms with Gasteiger partial charge in [-0.25, -0.2) is 0 Å². The van der Waals surface area contributed by atoms with Crippen molar-refractivity contribution in [3.8, 4) is 0 Å². The van der Waals surface area contributed by atoms with E-state index in [1.54, 1.807) is 0 Å². The summed E-state index contributed by atoms with van der Waals surface area (Å²) in [4.78, 5) is 4.00. The van der Waals surface area contributed by atoms with Gasteiger partial charge in [0.25, 0.3) is 0 Å². The second-order valence-electron chi connectivity index (χ2n) is 4.68. The molecule has 0 aliphatic carbocycles. The predicted molar refractivity (Wildman–Crippen MR) is 71.5 cm³/mol. The largest absolute Gasteiger partial charge is 0.390 e. The zero-order chi connectivity index (χ0) is 11.3. The van der Waals surface area contributed by atoms with Gasteiger partial charge in [0.1, 0.15) is 0 Å². The Kier molecular flexibility index (Phi) is 5.89. The summed E-state index contributed by atoms with van der Waals surface area (Å²) in [5, 5.41) is 13.6. The van der Waals surface area contributed by atoms with Crippen molar-refractivity contribution in [2.45, 2.75) is 37.7 Å². The van der Waals surface area contributed by atoms with E-state index >= 15 is 0 Å². The minimum Gasteiger partial charge on any atom is -0.390 e. The Balaban J connectivity index is 0.00000144. The Morgan fingerprint density at radius 3 is 2.53 bits per heavy atom. The van der Waals surface area contributed by atoms with Gasteiger partial charge < -0.3 is 10.4 Å². The average molecular weight is 257 g/mol. The lowest BCUT2D eigenvalue weighted by Crippen LogP contribution is -2.41. The number of pyridine rings is 1. The molecule has 1 fully saturated rings. The van der Waals surface area contributed by atoms with Crippen molar-refractivity contribution in [2.24, 2.45) is 0 Å². The van der Waals surface area contributed by atoms with Crippen LogP contribution in [-0.2, 0) is 6.42 Å². The number of aryl methyl sites for hydroxylation is 1. The third kappa shape index (κ3) is 4.62. The van der Waals surface area contributed by atoms with E-state index in [2.05, 4.69) is 10.3 Å². The number of nitrogens with one attached hydrogen (secondary N) is 1. The van der Waals surface area contributed by atoms with Crippen molar-refractivity contribution in [2.75, 3.05) is 13.1 Å². The van der Waals surface area contributed by atoms with Gasteiger partial charge in [-0.1, -0.05) is 0 Å². The van der Waals surface area contributed by atoms with Gasteiger partial charge in [0.2, 0.25) is 0 Å². The quantitative estimate of drug-likeness (QED) is 0.866. The molecular weight excluding hydrogens is 236 g/mol. The normalized spacial score (nSPS) is 18.4. The van der Waals surface area contributed by atoms with Crippen LogP contribution in [0, 0.1) is 0 Å². The van der Waals surface area contributed by atoms with Crippen molar-refractivity contribution < 1.29 is 5.11 Å². The number of nitrogens with zero attached hydrogens (tertiary/aromatic N) is 1. The van der Waals surface area contributed by atoms with Crippen LogP contribution in [0.3, 0.4) is 0 Å². The first kappa shape index (κ1) is 14.4. The lowest BCUT2D eigenvalue weighted by Gasteiger charge is -2.32. The molecule has 1 aromatic heterocycles. The molecule has 1 aromatic rings. The smallest absolute Gasteiger partial charge is 0.0672 e. The van der Waals surface area contributed by atoms with E-state index in [-0.39, 0.29) is 12.4 Å². The van der Waals surface area contributed by atoms with Gasteiger partial charge in [0.05, 0.1) is 5.60 Å². The zero-order valence-electron chi connectivity index (χ0n) is 10.1. The van der Waals surface area contributed by atoms with E-state index in [1.165, 1.54) is 5.56 Å². The molecule has 1 saturated heterocycles. The summed E-state index contributed by atoms with van der Waals surface area (Å²) in [7, 11) is 0. The van der Waals surface area contributed by atoms with Crippen molar-refractivity contribution in [3.05, 3.63) is 30.1 Å². The highest BCUT2D eigenvalue weighted by Crippen LogP contribution is 2.24. The third-order valence-corrected chi connectivity index (χ3v) is 3.39. The molecule has 0 amide bonds. The van der Waals surface area contributed by atoms with E-state index in [4.69, 9.17) is 0 Å². The lowest BCUT2D eigenvalue weighted by molar-refractivity contribution is 0.000921. The summed E-state index contributed by atoms with van der Waals surface area (Å²) in [6.07, 6.45) is 8.45. The van der Waals surface area contributed by atoms with E-state index in [9.17, 15) is 5.11 Å². The van der Waals surface area contributed by atoms with Gasteiger partial charge in [-0.15, -0.1) is 12.4 Å². The first-order valence-corrected chi connectivity index (χ1v) is 6.11. The molecule has 0 unspecified atom stereocenters. The predicted octanol–water partition coefficient (Wildman–Crippen LogP) is 1.94. The molecule has 17 heavy (non-hydrogen) atoms. The summed E-state index contributed by atoms with van der Waals surface area (Å²) in [5.74, 6) is 0. The number of halogens is 1. The first-order valence-electron chi connectivity index (χ1n) is 6.11. The molecule has 4 heteroatoms. The van der Waals surface area contributed by atoms with Crippen LogP contribution in [0.1, 0.15) is 31.2 Å². The minimum absolute atomic E-state index is 0. The zero-order valence-corrected chi connectivity index (χ0v) is 10.9. The maximum absolute atomic E-state index is 10.3. The SMILES string of the molecule is Cl.OC1(CCCc2ccncc2)CCNCC1.